The molecule has 1 aliphatic rings. The van der Waals surface area contributed by atoms with E-state index in [0.29, 0.717) is 11.9 Å². The van der Waals surface area contributed by atoms with Crippen LogP contribution in [0.15, 0.2) is 36.8 Å². The van der Waals surface area contributed by atoms with Gasteiger partial charge in [0.05, 0.1) is 23.4 Å². The standard InChI is InChI=1S/C19H20N6O.C2H6/c1-12-8-16(25-18(12)19(20)21-11-23-25)13-2-3-14-10-22-24(17(14)9-13)15-4-6-26-7-5-15;1-2/h2-3,8-11,15H,4-7H2,1H3,(H2,20,21,23);1-2H3. The van der Waals surface area contributed by atoms with Gasteiger partial charge in [0.2, 0.25) is 0 Å². The molecule has 0 saturated carbocycles. The average molecular weight is 378 g/mol. The van der Waals surface area contributed by atoms with Gasteiger partial charge in [-0.2, -0.15) is 10.2 Å². The number of rotatable bonds is 2. The van der Waals surface area contributed by atoms with Crippen molar-refractivity contribution >= 4 is 22.2 Å². The number of nitrogen functional groups attached to an aromatic ring is 1. The minimum Gasteiger partial charge on any atom is -0.382 e. The minimum absolute atomic E-state index is 0.389. The van der Waals surface area contributed by atoms with Gasteiger partial charge in [0.1, 0.15) is 11.8 Å². The molecule has 3 aromatic heterocycles. The maximum Gasteiger partial charge on any atom is 0.151 e. The van der Waals surface area contributed by atoms with Crippen LogP contribution in [0.4, 0.5) is 5.82 Å². The molecule has 7 heteroatoms. The van der Waals surface area contributed by atoms with Crippen LogP contribution in [0, 0.1) is 6.92 Å². The summed E-state index contributed by atoms with van der Waals surface area (Å²) in [7, 11) is 0. The first-order valence-corrected chi connectivity index (χ1v) is 9.86. The number of hydrogen-bond donors (Lipinski definition) is 1. The van der Waals surface area contributed by atoms with E-state index in [1.54, 1.807) is 0 Å². The minimum atomic E-state index is 0.389. The molecule has 0 bridgehead atoms. The van der Waals surface area contributed by atoms with Gasteiger partial charge in [0.15, 0.2) is 5.82 Å². The molecule has 4 heterocycles. The molecule has 0 spiro atoms. The summed E-state index contributed by atoms with van der Waals surface area (Å²) in [5.74, 6) is 0.497. The van der Waals surface area contributed by atoms with Crippen molar-refractivity contribution in [2.24, 2.45) is 0 Å². The third kappa shape index (κ3) is 3.01. The summed E-state index contributed by atoms with van der Waals surface area (Å²) in [6, 6.07) is 8.92. The summed E-state index contributed by atoms with van der Waals surface area (Å²) >= 11 is 0. The van der Waals surface area contributed by atoms with E-state index in [1.165, 1.54) is 6.33 Å². The molecule has 0 atom stereocenters. The van der Waals surface area contributed by atoms with Crippen molar-refractivity contribution in [3.63, 3.8) is 0 Å². The zero-order valence-electron chi connectivity index (χ0n) is 16.6. The molecule has 1 aromatic carbocycles. The van der Waals surface area contributed by atoms with Gasteiger partial charge >= 0.3 is 0 Å². The van der Waals surface area contributed by atoms with Crippen LogP contribution in [0.2, 0.25) is 0 Å². The Bertz CT molecular complexity index is 1110. The number of nitrogens with two attached hydrogens (primary N) is 1. The Kier molecular flexibility index (Phi) is 5.00. The van der Waals surface area contributed by atoms with Gasteiger partial charge in [-0.05, 0) is 37.5 Å². The van der Waals surface area contributed by atoms with Crippen LogP contribution in [0.3, 0.4) is 0 Å². The molecule has 0 aliphatic carbocycles. The van der Waals surface area contributed by atoms with E-state index in [9.17, 15) is 0 Å². The van der Waals surface area contributed by atoms with Gasteiger partial charge in [-0.1, -0.05) is 26.0 Å². The third-order valence-electron chi connectivity index (χ3n) is 5.20. The van der Waals surface area contributed by atoms with Crippen LogP contribution >= 0.6 is 0 Å². The van der Waals surface area contributed by atoms with Gasteiger partial charge in [0, 0.05) is 24.2 Å². The summed E-state index contributed by atoms with van der Waals surface area (Å²) in [6.07, 6.45) is 5.43. The first kappa shape index (κ1) is 18.4. The maximum atomic E-state index is 6.05. The number of aromatic nitrogens is 5. The largest absolute Gasteiger partial charge is 0.382 e. The normalized spacial score (nSPS) is 15.0. The predicted octanol–water partition coefficient (Wildman–Crippen LogP) is 4.01. The molecule has 5 rings (SSSR count). The Morgan fingerprint density at radius 2 is 1.89 bits per heavy atom. The van der Waals surface area contributed by atoms with Crippen LogP contribution in [0.1, 0.15) is 38.3 Å². The molecule has 4 aromatic rings. The first-order chi connectivity index (χ1) is 13.7. The summed E-state index contributed by atoms with van der Waals surface area (Å²) in [5, 5.41) is 10.2. The fraction of sp³-hybridized carbons (Fsp3) is 0.381. The SMILES string of the molecule is CC.Cc1cc(-c2ccc3cnn(C4CCOCC4)c3c2)n2ncnc(N)c12. The first-order valence-electron chi connectivity index (χ1n) is 9.86. The average Bonchev–Trinajstić information content (AvgIpc) is 3.31. The zero-order chi connectivity index (χ0) is 19.7. The van der Waals surface area contributed by atoms with Crippen molar-refractivity contribution in [1.82, 2.24) is 24.4 Å². The van der Waals surface area contributed by atoms with Crippen molar-refractivity contribution in [3.8, 4) is 11.3 Å². The molecule has 1 aliphatic heterocycles. The highest BCUT2D eigenvalue weighted by molar-refractivity contribution is 5.86. The number of ether oxygens (including phenoxy) is 1. The highest BCUT2D eigenvalue weighted by Gasteiger charge is 2.19. The predicted molar refractivity (Wildman–Crippen MR) is 111 cm³/mol. The van der Waals surface area contributed by atoms with Crippen LogP contribution in [0.5, 0.6) is 0 Å². The van der Waals surface area contributed by atoms with Gasteiger partial charge in [-0.25, -0.2) is 9.50 Å². The molecule has 1 fully saturated rings. The summed E-state index contributed by atoms with van der Waals surface area (Å²) in [5.41, 5.74) is 11.2. The molecule has 146 valence electrons. The smallest absolute Gasteiger partial charge is 0.151 e. The van der Waals surface area contributed by atoms with Gasteiger partial charge < -0.3 is 10.5 Å². The number of fused-ring (bicyclic) bond motifs is 2. The third-order valence-corrected chi connectivity index (χ3v) is 5.20. The Morgan fingerprint density at radius 1 is 1.11 bits per heavy atom. The lowest BCUT2D eigenvalue weighted by atomic mass is 10.1. The van der Waals surface area contributed by atoms with E-state index >= 15 is 0 Å². The molecule has 1 saturated heterocycles. The number of aryl methyl sites for hydroxylation is 1. The molecule has 0 radical (unpaired) electrons. The fourth-order valence-corrected chi connectivity index (χ4v) is 3.88. The second-order valence-corrected chi connectivity index (χ2v) is 6.82. The highest BCUT2D eigenvalue weighted by Crippen LogP contribution is 2.31. The maximum absolute atomic E-state index is 6.05. The number of benzene rings is 1. The van der Waals surface area contributed by atoms with E-state index in [1.807, 2.05) is 31.5 Å². The lowest BCUT2D eigenvalue weighted by Gasteiger charge is -2.23. The summed E-state index contributed by atoms with van der Waals surface area (Å²) < 4.78 is 9.51. The molecule has 0 unspecified atom stereocenters. The van der Waals surface area contributed by atoms with Crippen molar-refractivity contribution in [2.75, 3.05) is 18.9 Å². The molecular formula is C21H26N6O. The van der Waals surface area contributed by atoms with Crippen molar-refractivity contribution < 1.29 is 4.74 Å². The molecule has 7 nitrogen and oxygen atoms in total. The number of anilines is 1. The summed E-state index contributed by atoms with van der Waals surface area (Å²) in [4.78, 5) is 4.11. The second-order valence-electron chi connectivity index (χ2n) is 6.82. The van der Waals surface area contributed by atoms with Crippen molar-refractivity contribution in [2.45, 2.75) is 39.7 Å². The zero-order valence-corrected chi connectivity index (χ0v) is 16.6. The highest BCUT2D eigenvalue weighted by atomic mass is 16.5. The van der Waals surface area contributed by atoms with Crippen LogP contribution in [0.25, 0.3) is 27.7 Å². The fourth-order valence-electron chi connectivity index (χ4n) is 3.88. The Labute approximate surface area is 164 Å². The van der Waals surface area contributed by atoms with Gasteiger partial charge in [0.25, 0.3) is 0 Å². The summed E-state index contributed by atoms with van der Waals surface area (Å²) in [6.45, 7) is 7.62. The van der Waals surface area contributed by atoms with E-state index in [4.69, 9.17) is 10.5 Å². The lowest BCUT2D eigenvalue weighted by molar-refractivity contribution is 0.0675. The topological polar surface area (TPSA) is 83.3 Å². The monoisotopic (exact) mass is 378 g/mol. The lowest BCUT2D eigenvalue weighted by Crippen LogP contribution is -2.20. The molecular weight excluding hydrogens is 352 g/mol. The molecule has 2 N–H and O–H groups in total. The number of nitrogens with zero attached hydrogens (tertiary/aromatic N) is 5. The second kappa shape index (κ2) is 7.59. The van der Waals surface area contributed by atoms with Crippen LogP contribution < -0.4 is 5.73 Å². The Morgan fingerprint density at radius 3 is 2.68 bits per heavy atom. The van der Waals surface area contributed by atoms with Crippen molar-refractivity contribution in [1.29, 1.82) is 0 Å². The van der Waals surface area contributed by atoms with E-state index in [2.05, 4.69) is 44.1 Å². The van der Waals surface area contributed by atoms with Crippen LogP contribution in [-0.2, 0) is 4.74 Å². The Balaban J connectivity index is 0.000000932. The quantitative estimate of drug-likeness (QED) is 0.570. The van der Waals surface area contributed by atoms with Gasteiger partial charge in [-0.15, -0.1) is 0 Å². The van der Waals surface area contributed by atoms with Gasteiger partial charge in [-0.3, -0.25) is 4.68 Å². The molecule has 0 amide bonds. The van der Waals surface area contributed by atoms with E-state index in [-0.39, 0.29) is 0 Å². The van der Waals surface area contributed by atoms with E-state index < -0.39 is 0 Å². The number of hydrogen-bond acceptors (Lipinski definition) is 5. The molecule has 28 heavy (non-hydrogen) atoms. The van der Waals surface area contributed by atoms with Crippen LogP contribution in [-0.4, -0.2) is 37.6 Å². The van der Waals surface area contributed by atoms with Crippen molar-refractivity contribution in [3.05, 3.63) is 42.4 Å². The van der Waals surface area contributed by atoms with E-state index in [0.717, 1.165) is 59.3 Å². The Hall–Kier alpha value is -2.93.